The summed E-state index contributed by atoms with van der Waals surface area (Å²) in [6.45, 7) is 5.62. The summed E-state index contributed by atoms with van der Waals surface area (Å²) in [6, 6.07) is 9.01. The van der Waals surface area contributed by atoms with Gasteiger partial charge in [0.1, 0.15) is 11.6 Å². The minimum absolute atomic E-state index is 0.157. The van der Waals surface area contributed by atoms with Crippen molar-refractivity contribution in [3.8, 4) is 0 Å². The predicted molar refractivity (Wildman–Crippen MR) is 75.5 cm³/mol. The third kappa shape index (κ3) is 3.23. The van der Waals surface area contributed by atoms with E-state index in [2.05, 4.69) is 0 Å². The van der Waals surface area contributed by atoms with Crippen LogP contribution in [-0.2, 0) is 12.0 Å². The normalized spacial score (nSPS) is 14.1. The van der Waals surface area contributed by atoms with Gasteiger partial charge in [-0.15, -0.1) is 0 Å². The van der Waals surface area contributed by atoms with Crippen LogP contribution in [0.1, 0.15) is 29.2 Å². The zero-order valence-corrected chi connectivity index (χ0v) is 11.9. The van der Waals surface area contributed by atoms with E-state index < -0.39 is 17.2 Å². The Morgan fingerprint density at radius 3 is 2.10 bits per heavy atom. The molecule has 0 saturated heterocycles. The zero-order valence-electron chi connectivity index (χ0n) is 11.9. The van der Waals surface area contributed by atoms with Gasteiger partial charge in [-0.3, -0.25) is 0 Å². The number of benzene rings is 2. The summed E-state index contributed by atoms with van der Waals surface area (Å²) < 4.78 is 26.4. The van der Waals surface area contributed by atoms with Gasteiger partial charge in [0.05, 0.1) is 5.60 Å². The smallest absolute Gasteiger partial charge is 0.126 e. The zero-order chi connectivity index (χ0) is 14.9. The molecular formula is C17H18F2O. The highest BCUT2D eigenvalue weighted by Crippen LogP contribution is 2.27. The molecule has 1 N–H and O–H groups in total. The second kappa shape index (κ2) is 5.33. The Labute approximate surface area is 117 Å². The van der Waals surface area contributed by atoms with Crippen LogP contribution in [0.3, 0.4) is 0 Å². The monoisotopic (exact) mass is 276 g/mol. The van der Waals surface area contributed by atoms with E-state index in [-0.39, 0.29) is 6.42 Å². The van der Waals surface area contributed by atoms with Crippen molar-refractivity contribution in [2.24, 2.45) is 0 Å². The van der Waals surface area contributed by atoms with Gasteiger partial charge >= 0.3 is 0 Å². The maximum atomic E-state index is 13.2. The van der Waals surface area contributed by atoms with Crippen molar-refractivity contribution in [2.75, 3.05) is 0 Å². The Morgan fingerprint density at radius 2 is 1.55 bits per heavy atom. The maximum absolute atomic E-state index is 13.2. The summed E-state index contributed by atoms with van der Waals surface area (Å²) in [5.41, 5.74) is 2.23. The molecule has 0 radical (unpaired) electrons. The fourth-order valence-electron chi connectivity index (χ4n) is 2.29. The third-order valence-corrected chi connectivity index (χ3v) is 3.60. The van der Waals surface area contributed by atoms with Crippen molar-refractivity contribution < 1.29 is 13.9 Å². The molecule has 3 heteroatoms. The molecule has 2 rings (SSSR count). The van der Waals surface area contributed by atoms with E-state index in [4.69, 9.17) is 0 Å². The SMILES string of the molecule is Cc1ccc(C(C)(O)Cc2cc(F)cc(F)c2)cc1C. The lowest BCUT2D eigenvalue weighted by molar-refractivity contribution is 0.0574. The van der Waals surface area contributed by atoms with E-state index >= 15 is 0 Å². The van der Waals surface area contributed by atoms with Crippen LogP contribution in [0.2, 0.25) is 0 Å². The fraction of sp³-hybridized carbons (Fsp3) is 0.294. The van der Waals surface area contributed by atoms with Crippen LogP contribution >= 0.6 is 0 Å². The summed E-state index contributed by atoms with van der Waals surface area (Å²) in [6.07, 6.45) is 0.157. The first-order valence-corrected chi connectivity index (χ1v) is 6.53. The quantitative estimate of drug-likeness (QED) is 0.897. The highest BCUT2D eigenvalue weighted by molar-refractivity contribution is 5.34. The van der Waals surface area contributed by atoms with Gasteiger partial charge in [0.2, 0.25) is 0 Å². The summed E-state index contributed by atoms with van der Waals surface area (Å²) in [5.74, 6) is -1.26. The van der Waals surface area contributed by atoms with Crippen molar-refractivity contribution in [3.05, 3.63) is 70.3 Å². The van der Waals surface area contributed by atoms with Crippen LogP contribution < -0.4 is 0 Å². The van der Waals surface area contributed by atoms with Crippen LogP contribution in [-0.4, -0.2) is 5.11 Å². The molecule has 0 aliphatic heterocycles. The van der Waals surface area contributed by atoms with E-state index in [0.717, 1.165) is 22.8 Å². The molecule has 1 atom stereocenters. The van der Waals surface area contributed by atoms with Crippen molar-refractivity contribution in [2.45, 2.75) is 32.8 Å². The van der Waals surface area contributed by atoms with Crippen LogP contribution in [0.15, 0.2) is 36.4 Å². The molecule has 0 fully saturated rings. The second-order valence-corrected chi connectivity index (χ2v) is 5.53. The molecule has 0 aliphatic carbocycles. The lowest BCUT2D eigenvalue weighted by Gasteiger charge is -2.25. The Kier molecular flexibility index (Phi) is 3.91. The first kappa shape index (κ1) is 14.7. The molecule has 0 heterocycles. The van der Waals surface area contributed by atoms with Crippen LogP contribution in [0.4, 0.5) is 8.78 Å². The number of aliphatic hydroxyl groups is 1. The van der Waals surface area contributed by atoms with Gasteiger partial charge in [-0.2, -0.15) is 0 Å². The summed E-state index contributed by atoms with van der Waals surface area (Å²) in [5, 5.41) is 10.6. The molecule has 0 saturated carbocycles. The van der Waals surface area contributed by atoms with Gasteiger partial charge in [-0.05, 0) is 55.2 Å². The lowest BCUT2D eigenvalue weighted by Crippen LogP contribution is -2.24. The van der Waals surface area contributed by atoms with Gasteiger partial charge in [0.15, 0.2) is 0 Å². The summed E-state index contributed by atoms with van der Waals surface area (Å²) in [4.78, 5) is 0. The Bertz CT molecular complexity index is 613. The molecule has 1 nitrogen and oxygen atoms in total. The molecule has 0 bridgehead atoms. The first-order valence-electron chi connectivity index (χ1n) is 6.53. The lowest BCUT2D eigenvalue weighted by atomic mass is 9.87. The molecule has 0 amide bonds. The Hall–Kier alpha value is -1.74. The number of hydrogen-bond acceptors (Lipinski definition) is 1. The second-order valence-electron chi connectivity index (χ2n) is 5.53. The van der Waals surface area contributed by atoms with Gasteiger partial charge in [-0.1, -0.05) is 18.2 Å². The molecule has 1 unspecified atom stereocenters. The van der Waals surface area contributed by atoms with Gasteiger partial charge in [0.25, 0.3) is 0 Å². The van der Waals surface area contributed by atoms with Gasteiger partial charge in [-0.25, -0.2) is 8.78 Å². The van der Waals surface area contributed by atoms with E-state index in [0.29, 0.717) is 5.56 Å². The number of aryl methyl sites for hydroxylation is 2. The third-order valence-electron chi connectivity index (χ3n) is 3.60. The molecule has 0 aromatic heterocycles. The molecule has 106 valence electrons. The van der Waals surface area contributed by atoms with Crippen molar-refractivity contribution >= 4 is 0 Å². The van der Waals surface area contributed by atoms with E-state index in [1.807, 2.05) is 32.0 Å². The largest absolute Gasteiger partial charge is 0.385 e. The standard InChI is InChI=1S/C17H18F2O/c1-11-4-5-14(6-12(11)2)17(3,20)10-13-7-15(18)9-16(19)8-13/h4-9,20H,10H2,1-3H3. The fourth-order valence-corrected chi connectivity index (χ4v) is 2.29. The highest BCUT2D eigenvalue weighted by atomic mass is 19.1. The molecule has 20 heavy (non-hydrogen) atoms. The minimum atomic E-state index is -1.17. The minimum Gasteiger partial charge on any atom is -0.385 e. The molecule has 2 aromatic carbocycles. The number of rotatable bonds is 3. The molecule has 2 aromatic rings. The first-order chi connectivity index (χ1) is 9.28. The van der Waals surface area contributed by atoms with E-state index in [1.165, 1.54) is 12.1 Å². The topological polar surface area (TPSA) is 20.2 Å². The molecule has 0 spiro atoms. The Balaban J connectivity index is 2.32. The molecular weight excluding hydrogens is 258 g/mol. The average Bonchev–Trinajstić information content (AvgIpc) is 2.30. The summed E-state index contributed by atoms with van der Waals surface area (Å²) >= 11 is 0. The average molecular weight is 276 g/mol. The van der Waals surface area contributed by atoms with Crippen LogP contribution in [0, 0.1) is 25.5 Å². The highest BCUT2D eigenvalue weighted by Gasteiger charge is 2.24. The van der Waals surface area contributed by atoms with Crippen LogP contribution in [0.25, 0.3) is 0 Å². The van der Waals surface area contributed by atoms with Gasteiger partial charge in [0, 0.05) is 12.5 Å². The molecule has 0 aliphatic rings. The maximum Gasteiger partial charge on any atom is 0.126 e. The number of halogens is 2. The summed E-state index contributed by atoms with van der Waals surface area (Å²) in [7, 11) is 0. The van der Waals surface area contributed by atoms with Crippen LogP contribution in [0.5, 0.6) is 0 Å². The van der Waals surface area contributed by atoms with E-state index in [9.17, 15) is 13.9 Å². The van der Waals surface area contributed by atoms with Crippen molar-refractivity contribution in [3.63, 3.8) is 0 Å². The van der Waals surface area contributed by atoms with Crippen molar-refractivity contribution in [1.29, 1.82) is 0 Å². The van der Waals surface area contributed by atoms with Gasteiger partial charge < -0.3 is 5.11 Å². The Morgan fingerprint density at radius 1 is 0.950 bits per heavy atom. The number of hydrogen-bond donors (Lipinski definition) is 1. The predicted octanol–water partition coefficient (Wildman–Crippen LogP) is 4.03. The van der Waals surface area contributed by atoms with Crippen molar-refractivity contribution in [1.82, 2.24) is 0 Å². The van der Waals surface area contributed by atoms with E-state index in [1.54, 1.807) is 6.92 Å².